The van der Waals surface area contributed by atoms with Crippen LogP contribution in [-0.4, -0.2) is 11.9 Å². The van der Waals surface area contributed by atoms with Crippen molar-refractivity contribution in [1.82, 2.24) is 0 Å². The Balaban J connectivity index is 1.57. The molecule has 0 unspecified atom stereocenters. The summed E-state index contributed by atoms with van der Waals surface area (Å²) in [7, 11) is 0. The van der Waals surface area contributed by atoms with Crippen LogP contribution in [0.15, 0.2) is 83.0 Å². The molecule has 7 nitrogen and oxygen atoms in total. The Hall–Kier alpha value is -3.71. The maximum Gasteiger partial charge on any atom is 0.364 e. The van der Waals surface area contributed by atoms with Gasteiger partial charge in [-0.05, 0) is 60.7 Å². The maximum absolute atomic E-state index is 12.0. The van der Waals surface area contributed by atoms with Crippen LogP contribution in [0.3, 0.4) is 0 Å². The molecule has 0 aliphatic carbocycles. The number of benzene rings is 3. The average Bonchev–Trinajstić information content (AvgIpc) is 2.72. The van der Waals surface area contributed by atoms with Crippen molar-refractivity contribution in [3.8, 4) is 0 Å². The first-order valence-corrected chi connectivity index (χ1v) is 8.54. The number of hydrogen-bond donors (Lipinski definition) is 2. The summed E-state index contributed by atoms with van der Waals surface area (Å²) >= 11 is 5.95. The number of anilines is 2. The lowest BCUT2D eigenvalue weighted by Gasteiger charge is -2.07. The second-order valence-corrected chi connectivity index (χ2v) is 6.05. The van der Waals surface area contributed by atoms with Crippen molar-refractivity contribution >= 4 is 40.5 Å². The normalized spacial score (nSPS) is 10.6. The van der Waals surface area contributed by atoms with Gasteiger partial charge in [0.15, 0.2) is 0 Å². The lowest BCUT2D eigenvalue weighted by Crippen LogP contribution is -2.11. The van der Waals surface area contributed by atoms with Crippen molar-refractivity contribution < 1.29 is 14.4 Å². The van der Waals surface area contributed by atoms with Gasteiger partial charge in [-0.25, -0.2) is 10.3 Å². The maximum atomic E-state index is 12.0. The van der Waals surface area contributed by atoms with Crippen LogP contribution in [0.4, 0.5) is 17.1 Å². The standard InChI is InChI=1S/C20H15ClN4O3/c21-18-4-2-1-3-17(18)20(27)28-25-16-11-9-15(10-12-16)23-24-19(26)13-5-7-14(22)8-6-13/h1-12,25H,22H2. The quantitative estimate of drug-likeness (QED) is 0.358. The number of rotatable bonds is 5. The van der Waals surface area contributed by atoms with E-state index in [0.717, 1.165) is 0 Å². The van der Waals surface area contributed by atoms with Gasteiger partial charge in [-0.1, -0.05) is 23.7 Å². The van der Waals surface area contributed by atoms with Crippen LogP contribution in [0, 0.1) is 0 Å². The van der Waals surface area contributed by atoms with Gasteiger partial charge in [-0.2, -0.15) is 0 Å². The third-order valence-corrected chi connectivity index (χ3v) is 3.97. The Kier molecular flexibility index (Phi) is 5.98. The van der Waals surface area contributed by atoms with Gasteiger partial charge >= 0.3 is 5.97 Å². The first-order valence-electron chi connectivity index (χ1n) is 8.16. The van der Waals surface area contributed by atoms with Gasteiger partial charge < -0.3 is 10.6 Å². The summed E-state index contributed by atoms with van der Waals surface area (Å²) in [5.74, 6) is -1.08. The lowest BCUT2D eigenvalue weighted by molar-refractivity contribution is 0.0596. The van der Waals surface area contributed by atoms with Crippen LogP contribution in [-0.2, 0) is 4.84 Å². The Morgan fingerprint density at radius 1 is 0.929 bits per heavy atom. The fourth-order valence-electron chi connectivity index (χ4n) is 2.17. The second kappa shape index (κ2) is 8.79. The minimum absolute atomic E-state index is 0.253. The summed E-state index contributed by atoms with van der Waals surface area (Å²) in [6.07, 6.45) is 0. The molecule has 3 N–H and O–H groups in total. The van der Waals surface area contributed by atoms with Crippen molar-refractivity contribution in [2.45, 2.75) is 0 Å². The Labute approximate surface area is 165 Å². The van der Waals surface area contributed by atoms with E-state index in [-0.39, 0.29) is 5.56 Å². The summed E-state index contributed by atoms with van der Waals surface area (Å²) in [5, 5.41) is 7.87. The van der Waals surface area contributed by atoms with Crippen molar-refractivity contribution in [3.63, 3.8) is 0 Å². The van der Waals surface area contributed by atoms with Gasteiger partial charge in [0, 0.05) is 11.3 Å². The number of hydrogen-bond acceptors (Lipinski definition) is 6. The molecule has 3 aromatic rings. The summed E-state index contributed by atoms with van der Waals surface area (Å²) in [6, 6.07) is 19.5. The van der Waals surface area contributed by atoms with Crippen LogP contribution in [0.25, 0.3) is 0 Å². The molecule has 0 bridgehead atoms. The highest BCUT2D eigenvalue weighted by atomic mass is 35.5. The SMILES string of the molecule is Nc1ccc(C(=O)N=Nc2ccc(NOC(=O)c3ccccc3Cl)cc2)cc1. The largest absolute Gasteiger partial charge is 0.399 e. The highest BCUT2D eigenvalue weighted by molar-refractivity contribution is 6.33. The number of nitrogens with one attached hydrogen (secondary N) is 1. The van der Waals surface area contributed by atoms with Crippen LogP contribution in [0.2, 0.25) is 5.02 Å². The van der Waals surface area contributed by atoms with Gasteiger partial charge in [0.25, 0.3) is 5.91 Å². The molecular formula is C20H15ClN4O3. The van der Waals surface area contributed by atoms with E-state index in [1.807, 2.05) is 0 Å². The highest BCUT2D eigenvalue weighted by Crippen LogP contribution is 2.19. The van der Waals surface area contributed by atoms with E-state index in [1.54, 1.807) is 72.8 Å². The van der Waals surface area contributed by atoms with E-state index in [1.165, 1.54) is 0 Å². The molecule has 1 amide bonds. The predicted molar refractivity (Wildman–Crippen MR) is 107 cm³/mol. The third-order valence-electron chi connectivity index (χ3n) is 3.64. The predicted octanol–water partition coefficient (Wildman–Crippen LogP) is 5.03. The lowest BCUT2D eigenvalue weighted by atomic mass is 10.2. The molecule has 3 aromatic carbocycles. The molecule has 0 aromatic heterocycles. The number of nitrogen functional groups attached to an aromatic ring is 1. The molecule has 0 atom stereocenters. The molecule has 140 valence electrons. The van der Waals surface area contributed by atoms with E-state index in [9.17, 15) is 9.59 Å². The Bertz CT molecular complexity index is 1020. The minimum atomic E-state index is -0.608. The molecule has 0 aliphatic heterocycles. The van der Waals surface area contributed by atoms with Crippen molar-refractivity contribution in [3.05, 3.63) is 88.9 Å². The molecule has 0 spiro atoms. The van der Waals surface area contributed by atoms with E-state index in [0.29, 0.717) is 27.6 Å². The van der Waals surface area contributed by atoms with E-state index >= 15 is 0 Å². The fourth-order valence-corrected chi connectivity index (χ4v) is 2.38. The number of nitrogens with two attached hydrogens (primary N) is 1. The first kappa shape index (κ1) is 19.1. The summed E-state index contributed by atoms with van der Waals surface area (Å²) in [5.41, 5.74) is 10.3. The average molecular weight is 395 g/mol. The van der Waals surface area contributed by atoms with Crippen LogP contribution < -0.4 is 11.2 Å². The zero-order valence-electron chi connectivity index (χ0n) is 14.5. The smallest absolute Gasteiger partial charge is 0.364 e. The van der Waals surface area contributed by atoms with Gasteiger partial charge in [-0.15, -0.1) is 10.2 Å². The van der Waals surface area contributed by atoms with Gasteiger partial charge in [0.05, 0.1) is 22.0 Å². The zero-order valence-corrected chi connectivity index (χ0v) is 15.3. The number of carbonyl (C=O) groups excluding carboxylic acids is 2. The third kappa shape index (κ3) is 4.93. The number of amides is 1. The fraction of sp³-hybridized carbons (Fsp3) is 0. The summed E-state index contributed by atoms with van der Waals surface area (Å²) in [6.45, 7) is 0. The molecule has 0 fully saturated rings. The van der Waals surface area contributed by atoms with E-state index in [4.69, 9.17) is 22.2 Å². The Morgan fingerprint density at radius 2 is 1.61 bits per heavy atom. The van der Waals surface area contributed by atoms with Crippen LogP contribution >= 0.6 is 11.6 Å². The number of carbonyl (C=O) groups is 2. The highest BCUT2D eigenvalue weighted by Gasteiger charge is 2.11. The monoisotopic (exact) mass is 394 g/mol. The molecule has 28 heavy (non-hydrogen) atoms. The van der Waals surface area contributed by atoms with E-state index < -0.39 is 11.9 Å². The minimum Gasteiger partial charge on any atom is -0.399 e. The molecule has 0 saturated carbocycles. The summed E-state index contributed by atoms with van der Waals surface area (Å²) in [4.78, 5) is 29.0. The van der Waals surface area contributed by atoms with Crippen LogP contribution in [0.5, 0.6) is 0 Å². The van der Waals surface area contributed by atoms with E-state index in [2.05, 4.69) is 15.7 Å². The summed E-state index contributed by atoms with van der Waals surface area (Å²) < 4.78 is 0. The second-order valence-electron chi connectivity index (χ2n) is 5.65. The molecule has 0 aliphatic rings. The van der Waals surface area contributed by atoms with Gasteiger partial charge in [0.1, 0.15) is 0 Å². The van der Waals surface area contributed by atoms with Gasteiger partial charge in [-0.3, -0.25) is 4.79 Å². The molecule has 0 saturated heterocycles. The van der Waals surface area contributed by atoms with Crippen molar-refractivity contribution in [2.75, 3.05) is 11.2 Å². The Morgan fingerprint density at radius 3 is 2.29 bits per heavy atom. The number of halogens is 1. The number of nitrogens with zero attached hydrogens (tertiary/aromatic N) is 2. The number of azo groups is 1. The molecule has 3 rings (SSSR count). The molecule has 8 heteroatoms. The first-order chi connectivity index (χ1) is 13.5. The van der Waals surface area contributed by atoms with Gasteiger partial charge in [0.2, 0.25) is 0 Å². The molecular weight excluding hydrogens is 380 g/mol. The van der Waals surface area contributed by atoms with Crippen molar-refractivity contribution in [1.29, 1.82) is 0 Å². The topological polar surface area (TPSA) is 106 Å². The molecule has 0 radical (unpaired) electrons. The zero-order chi connectivity index (χ0) is 19.9. The van der Waals surface area contributed by atoms with Crippen LogP contribution in [0.1, 0.15) is 20.7 Å². The van der Waals surface area contributed by atoms with Crippen molar-refractivity contribution in [2.24, 2.45) is 10.2 Å². The molecule has 0 heterocycles.